The van der Waals surface area contributed by atoms with Crippen molar-refractivity contribution in [1.82, 2.24) is 0 Å². The molecule has 2 saturated heterocycles. The molecule has 0 spiro atoms. The van der Waals surface area contributed by atoms with E-state index < -0.39 is 11.6 Å². The maximum atomic E-state index is 11.8. The van der Waals surface area contributed by atoms with Crippen LogP contribution in [0.2, 0.25) is 0 Å². The monoisotopic (exact) mass is 340 g/mol. The van der Waals surface area contributed by atoms with Crippen LogP contribution in [0.3, 0.4) is 0 Å². The first-order chi connectivity index (χ1) is 12.2. The second kappa shape index (κ2) is 8.67. The summed E-state index contributed by atoms with van der Waals surface area (Å²) in [5.74, 6) is -0.932. The second-order valence-electron chi connectivity index (χ2n) is 5.84. The van der Waals surface area contributed by atoms with E-state index in [1.54, 1.807) is 48.5 Å². The fraction of sp³-hybridized carbons (Fsp3) is 0.300. The Morgan fingerprint density at radius 3 is 1.44 bits per heavy atom. The number of carbonyl (C=O) groups is 2. The Hall–Kier alpha value is -2.34. The summed E-state index contributed by atoms with van der Waals surface area (Å²) in [5.41, 5.74) is 0.854. The van der Waals surface area contributed by atoms with Gasteiger partial charge >= 0.3 is 0 Å². The summed E-state index contributed by atoms with van der Waals surface area (Å²) in [7, 11) is 0. The van der Waals surface area contributed by atoms with E-state index in [1.807, 2.05) is 12.1 Å². The van der Waals surface area contributed by atoms with Gasteiger partial charge in [-0.3, -0.25) is 9.59 Å². The molecule has 0 radical (unpaired) electrons. The van der Waals surface area contributed by atoms with Crippen LogP contribution in [0.5, 0.6) is 0 Å². The summed E-state index contributed by atoms with van der Waals surface area (Å²) in [6.07, 6.45) is 0.785. The molecule has 5 heteroatoms. The first-order valence-corrected chi connectivity index (χ1v) is 8.24. The number of rotatable bonds is 7. The fourth-order valence-corrected chi connectivity index (χ4v) is 2.10. The van der Waals surface area contributed by atoms with Gasteiger partial charge in [0.1, 0.15) is 12.2 Å². The van der Waals surface area contributed by atoms with Gasteiger partial charge in [0, 0.05) is 11.1 Å². The number of ketones is 2. The maximum absolute atomic E-state index is 11.8. The van der Waals surface area contributed by atoms with Crippen molar-refractivity contribution in [2.75, 3.05) is 26.4 Å². The molecule has 2 aromatic rings. The molecule has 2 fully saturated rings. The number of ether oxygens (including phenoxy) is 3. The minimum Gasteiger partial charge on any atom is -0.376 e. The van der Waals surface area contributed by atoms with E-state index in [4.69, 9.17) is 14.2 Å². The van der Waals surface area contributed by atoms with Gasteiger partial charge in [0.05, 0.1) is 26.4 Å². The van der Waals surface area contributed by atoms with Crippen molar-refractivity contribution in [2.24, 2.45) is 0 Å². The Morgan fingerprint density at radius 2 is 1.12 bits per heavy atom. The Bertz CT molecular complexity index is 629. The summed E-state index contributed by atoms with van der Waals surface area (Å²) in [5, 5.41) is 0. The lowest BCUT2D eigenvalue weighted by atomic mass is 10.0. The highest BCUT2D eigenvalue weighted by Gasteiger charge is 2.26. The van der Waals surface area contributed by atoms with Crippen LogP contribution in [-0.2, 0) is 14.2 Å². The summed E-state index contributed by atoms with van der Waals surface area (Å²) in [4.78, 5) is 23.6. The molecule has 25 heavy (non-hydrogen) atoms. The zero-order valence-electron chi connectivity index (χ0n) is 13.8. The predicted molar refractivity (Wildman–Crippen MR) is 91.8 cm³/mol. The van der Waals surface area contributed by atoms with E-state index >= 15 is 0 Å². The standard InChI is InChI=1S/C14H10O2.C6H10O3/c15-13(11-7-3-1-4-8-11)14(16)12-9-5-2-6-10-12;1(5-3-8-5)7-2-6-4-9-6/h1-10H;5-6H,1-4H2. The summed E-state index contributed by atoms with van der Waals surface area (Å²) >= 11 is 0. The molecule has 4 rings (SSSR count). The minimum absolute atomic E-state index is 0.392. The van der Waals surface area contributed by atoms with E-state index in [1.165, 1.54) is 0 Å². The van der Waals surface area contributed by atoms with Crippen LogP contribution in [0.4, 0.5) is 0 Å². The van der Waals surface area contributed by atoms with Crippen molar-refractivity contribution >= 4 is 11.6 Å². The minimum atomic E-state index is -0.466. The summed E-state index contributed by atoms with van der Waals surface area (Å²) in [6, 6.07) is 17.2. The van der Waals surface area contributed by atoms with Crippen molar-refractivity contribution in [3.8, 4) is 0 Å². The van der Waals surface area contributed by atoms with Crippen LogP contribution in [0.1, 0.15) is 20.7 Å². The van der Waals surface area contributed by atoms with Crippen molar-refractivity contribution in [2.45, 2.75) is 12.2 Å². The first-order valence-electron chi connectivity index (χ1n) is 8.24. The number of epoxide rings is 2. The number of benzene rings is 2. The molecule has 0 saturated carbocycles. The number of carbonyl (C=O) groups excluding carboxylic acids is 2. The SMILES string of the molecule is C(OCC1CO1)C1CO1.O=C(C(=O)c1ccccc1)c1ccccc1. The number of Topliss-reactive ketones (excluding diaryl/α,β-unsaturated/α-hetero) is 2. The van der Waals surface area contributed by atoms with E-state index in [-0.39, 0.29) is 0 Å². The van der Waals surface area contributed by atoms with Gasteiger partial charge in [0.25, 0.3) is 0 Å². The smallest absolute Gasteiger partial charge is 0.233 e. The Balaban J connectivity index is 0.000000170. The third-order valence-corrected chi connectivity index (χ3v) is 3.69. The maximum Gasteiger partial charge on any atom is 0.233 e. The van der Waals surface area contributed by atoms with Crippen LogP contribution in [0, 0.1) is 0 Å². The molecule has 0 aromatic heterocycles. The van der Waals surface area contributed by atoms with Crippen molar-refractivity contribution < 1.29 is 23.8 Å². The molecule has 2 atom stereocenters. The van der Waals surface area contributed by atoms with Crippen LogP contribution in [-0.4, -0.2) is 50.2 Å². The van der Waals surface area contributed by atoms with E-state index in [9.17, 15) is 9.59 Å². The predicted octanol–water partition coefficient (Wildman–Crippen LogP) is 2.55. The normalized spacial score (nSPS) is 20.2. The highest BCUT2D eigenvalue weighted by molar-refractivity contribution is 6.49. The van der Waals surface area contributed by atoms with Crippen LogP contribution in [0.25, 0.3) is 0 Å². The molecule has 0 bridgehead atoms. The molecule has 0 N–H and O–H groups in total. The zero-order valence-corrected chi connectivity index (χ0v) is 13.8. The zero-order chi connectivity index (χ0) is 17.5. The van der Waals surface area contributed by atoms with Gasteiger partial charge in [0.2, 0.25) is 11.6 Å². The summed E-state index contributed by atoms with van der Waals surface area (Å²) < 4.78 is 15.1. The first kappa shape index (κ1) is 17.5. The van der Waals surface area contributed by atoms with Gasteiger partial charge in [-0.05, 0) is 0 Å². The topological polar surface area (TPSA) is 68.4 Å². The molecule has 130 valence electrons. The number of hydrogen-bond acceptors (Lipinski definition) is 5. The Labute approximate surface area is 146 Å². The van der Waals surface area contributed by atoms with Crippen LogP contribution >= 0.6 is 0 Å². The van der Waals surface area contributed by atoms with E-state index in [0.29, 0.717) is 23.3 Å². The van der Waals surface area contributed by atoms with Crippen molar-refractivity contribution in [1.29, 1.82) is 0 Å². The Kier molecular flexibility index (Phi) is 6.06. The quantitative estimate of drug-likeness (QED) is 0.440. The molecule has 2 aliphatic rings. The average Bonchev–Trinajstić information content (AvgIpc) is 3.58. The largest absolute Gasteiger partial charge is 0.376 e. The van der Waals surface area contributed by atoms with E-state index in [2.05, 4.69) is 0 Å². The van der Waals surface area contributed by atoms with Crippen LogP contribution in [0.15, 0.2) is 60.7 Å². The van der Waals surface area contributed by atoms with Gasteiger partial charge in [-0.25, -0.2) is 0 Å². The highest BCUT2D eigenvalue weighted by Crippen LogP contribution is 2.12. The van der Waals surface area contributed by atoms with Crippen LogP contribution < -0.4 is 0 Å². The fourth-order valence-electron chi connectivity index (χ4n) is 2.10. The molecular weight excluding hydrogens is 320 g/mol. The van der Waals surface area contributed by atoms with E-state index in [0.717, 1.165) is 26.4 Å². The van der Waals surface area contributed by atoms with Gasteiger partial charge in [-0.15, -0.1) is 0 Å². The lowest BCUT2D eigenvalue weighted by molar-refractivity contribution is 0.0817. The van der Waals surface area contributed by atoms with Gasteiger partial charge in [0.15, 0.2) is 0 Å². The lowest BCUT2D eigenvalue weighted by Gasteiger charge is -1.99. The Morgan fingerprint density at radius 1 is 0.760 bits per heavy atom. The highest BCUT2D eigenvalue weighted by atomic mass is 16.6. The molecule has 2 aromatic carbocycles. The molecule has 2 heterocycles. The molecule has 5 nitrogen and oxygen atoms in total. The third kappa shape index (κ3) is 5.90. The molecular formula is C20H20O5. The van der Waals surface area contributed by atoms with Crippen molar-refractivity contribution in [3.63, 3.8) is 0 Å². The van der Waals surface area contributed by atoms with Gasteiger partial charge < -0.3 is 14.2 Å². The summed E-state index contributed by atoms with van der Waals surface area (Å²) in [6.45, 7) is 3.26. The second-order valence-corrected chi connectivity index (χ2v) is 5.84. The van der Waals surface area contributed by atoms with Crippen molar-refractivity contribution in [3.05, 3.63) is 71.8 Å². The molecule has 0 amide bonds. The number of hydrogen-bond donors (Lipinski definition) is 0. The molecule has 2 unspecified atom stereocenters. The van der Waals surface area contributed by atoms with Gasteiger partial charge in [-0.2, -0.15) is 0 Å². The molecule has 0 aliphatic carbocycles. The average molecular weight is 340 g/mol. The van der Waals surface area contributed by atoms with Gasteiger partial charge in [-0.1, -0.05) is 60.7 Å². The molecule has 2 aliphatic heterocycles. The lowest BCUT2D eigenvalue weighted by Crippen LogP contribution is -2.14. The third-order valence-electron chi connectivity index (χ3n) is 3.69.